The lowest BCUT2D eigenvalue weighted by atomic mass is 9.85. The number of aliphatic carboxylic acids is 1. The molecule has 0 aromatic carbocycles. The first-order valence-corrected chi connectivity index (χ1v) is 7.53. The average molecular weight is 282 g/mol. The molecular formula is C14H22N2O4. The summed E-state index contributed by atoms with van der Waals surface area (Å²) in [5.74, 6) is -0.623. The van der Waals surface area contributed by atoms with Crippen molar-refractivity contribution in [1.82, 2.24) is 10.2 Å². The summed E-state index contributed by atoms with van der Waals surface area (Å²) in [6.07, 6.45) is 4.93. The summed E-state index contributed by atoms with van der Waals surface area (Å²) in [5.41, 5.74) is 0. The molecule has 5 atom stereocenters. The minimum atomic E-state index is -1.02. The van der Waals surface area contributed by atoms with Crippen LogP contribution in [0.2, 0.25) is 0 Å². The molecule has 2 aliphatic heterocycles. The molecule has 3 aliphatic rings. The second-order valence-electron chi connectivity index (χ2n) is 6.34. The van der Waals surface area contributed by atoms with Crippen molar-refractivity contribution in [2.75, 3.05) is 6.54 Å². The van der Waals surface area contributed by atoms with E-state index in [0.29, 0.717) is 12.0 Å². The van der Waals surface area contributed by atoms with E-state index in [2.05, 4.69) is 5.32 Å². The smallest absolute Gasteiger partial charge is 0.326 e. The van der Waals surface area contributed by atoms with Crippen molar-refractivity contribution in [3.8, 4) is 0 Å². The maximum Gasteiger partial charge on any atom is 0.326 e. The van der Waals surface area contributed by atoms with Gasteiger partial charge in [-0.3, -0.25) is 4.79 Å². The molecule has 3 unspecified atom stereocenters. The molecule has 20 heavy (non-hydrogen) atoms. The summed E-state index contributed by atoms with van der Waals surface area (Å²) in [5, 5.41) is 22.2. The molecule has 3 rings (SSSR count). The zero-order chi connectivity index (χ0) is 14.3. The molecule has 3 fully saturated rings. The van der Waals surface area contributed by atoms with Crippen LogP contribution in [-0.4, -0.2) is 57.8 Å². The lowest BCUT2D eigenvalue weighted by Crippen LogP contribution is -2.49. The van der Waals surface area contributed by atoms with Crippen molar-refractivity contribution in [1.29, 1.82) is 0 Å². The highest BCUT2D eigenvalue weighted by atomic mass is 16.4. The number of aliphatic hydroxyl groups is 1. The zero-order valence-electron chi connectivity index (χ0n) is 11.5. The zero-order valence-corrected chi connectivity index (χ0v) is 11.5. The van der Waals surface area contributed by atoms with Crippen LogP contribution >= 0.6 is 0 Å². The third kappa shape index (κ3) is 2.42. The first-order chi connectivity index (χ1) is 9.56. The van der Waals surface area contributed by atoms with Crippen LogP contribution in [0.1, 0.15) is 38.5 Å². The van der Waals surface area contributed by atoms with E-state index in [1.165, 1.54) is 17.7 Å². The van der Waals surface area contributed by atoms with Crippen molar-refractivity contribution in [3.05, 3.63) is 0 Å². The minimum Gasteiger partial charge on any atom is -0.480 e. The Morgan fingerprint density at radius 3 is 2.60 bits per heavy atom. The molecule has 0 aromatic heterocycles. The number of rotatable bonds is 2. The molecular weight excluding hydrogens is 260 g/mol. The SMILES string of the molecule is O=C(O)[C@@H]1C[C@@H](O)CN1C(=O)C1CC2CCCCC2N1. The van der Waals surface area contributed by atoms with Crippen LogP contribution < -0.4 is 5.32 Å². The second-order valence-corrected chi connectivity index (χ2v) is 6.34. The highest BCUT2D eigenvalue weighted by molar-refractivity contribution is 5.88. The fraction of sp³-hybridized carbons (Fsp3) is 0.857. The summed E-state index contributed by atoms with van der Waals surface area (Å²) in [7, 11) is 0. The molecule has 6 heteroatoms. The van der Waals surface area contributed by atoms with E-state index < -0.39 is 18.1 Å². The molecule has 6 nitrogen and oxygen atoms in total. The summed E-state index contributed by atoms with van der Waals surface area (Å²) in [4.78, 5) is 25.1. The largest absolute Gasteiger partial charge is 0.480 e. The van der Waals surface area contributed by atoms with E-state index in [9.17, 15) is 19.8 Å². The minimum absolute atomic E-state index is 0.140. The third-order valence-corrected chi connectivity index (χ3v) is 5.01. The Hall–Kier alpha value is -1.14. The number of β-amino-alcohol motifs (C(OH)–C–C–N with tert-alkyl or cyclic N) is 1. The molecule has 0 spiro atoms. The topological polar surface area (TPSA) is 89.9 Å². The van der Waals surface area contributed by atoms with E-state index in [4.69, 9.17) is 0 Å². The number of carboxylic acids is 1. The van der Waals surface area contributed by atoms with Crippen LogP contribution in [0.5, 0.6) is 0 Å². The van der Waals surface area contributed by atoms with Gasteiger partial charge in [-0.15, -0.1) is 0 Å². The number of fused-ring (bicyclic) bond motifs is 1. The molecule has 3 N–H and O–H groups in total. The summed E-state index contributed by atoms with van der Waals surface area (Å²) in [6.45, 7) is 0.142. The van der Waals surface area contributed by atoms with Gasteiger partial charge in [-0.25, -0.2) is 4.79 Å². The summed E-state index contributed by atoms with van der Waals surface area (Å²) >= 11 is 0. The Labute approximate surface area is 118 Å². The fourth-order valence-corrected chi connectivity index (χ4v) is 4.00. The lowest BCUT2D eigenvalue weighted by molar-refractivity contribution is -0.148. The van der Waals surface area contributed by atoms with E-state index in [1.54, 1.807) is 0 Å². The molecule has 2 heterocycles. The number of carbonyl (C=O) groups is 2. The molecule has 2 saturated heterocycles. The van der Waals surface area contributed by atoms with Gasteiger partial charge in [0.25, 0.3) is 0 Å². The Morgan fingerprint density at radius 2 is 1.90 bits per heavy atom. The van der Waals surface area contributed by atoms with Crippen LogP contribution in [0.3, 0.4) is 0 Å². The number of carbonyl (C=O) groups excluding carboxylic acids is 1. The standard InChI is InChI=1S/C14H22N2O4/c17-9-6-12(14(19)20)16(7-9)13(18)11-5-8-3-1-2-4-10(8)15-11/h8-12,15,17H,1-7H2,(H,19,20)/t8?,9-,10?,11?,12+/m1/s1. The van der Waals surface area contributed by atoms with Crippen molar-refractivity contribution < 1.29 is 19.8 Å². The molecule has 1 saturated carbocycles. The van der Waals surface area contributed by atoms with Gasteiger partial charge in [-0.05, 0) is 25.2 Å². The van der Waals surface area contributed by atoms with Gasteiger partial charge in [-0.1, -0.05) is 12.8 Å². The molecule has 0 radical (unpaired) electrons. The van der Waals surface area contributed by atoms with E-state index >= 15 is 0 Å². The highest BCUT2D eigenvalue weighted by Crippen LogP contribution is 2.34. The maximum absolute atomic E-state index is 12.5. The van der Waals surface area contributed by atoms with Gasteiger partial charge < -0.3 is 20.4 Å². The Bertz CT molecular complexity index is 400. The summed E-state index contributed by atoms with van der Waals surface area (Å²) < 4.78 is 0. The van der Waals surface area contributed by atoms with Gasteiger partial charge in [0.1, 0.15) is 6.04 Å². The van der Waals surface area contributed by atoms with Crippen molar-refractivity contribution in [2.24, 2.45) is 5.92 Å². The fourth-order valence-electron chi connectivity index (χ4n) is 4.00. The Balaban J connectivity index is 1.68. The van der Waals surface area contributed by atoms with Gasteiger partial charge in [0.15, 0.2) is 0 Å². The van der Waals surface area contributed by atoms with Crippen molar-refractivity contribution in [2.45, 2.75) is 62.8 Å². The number of hydrogen-bond acceptors (Lipinski definition) is 4. The first-order valence-electron chi connectivity index (χ1n) is 7.53. The molecule has 0 aromatic rings. The third-order valence-electron chi connectivity index (χ3n) is 5.01. The molecule has 112 valence electrons. The van der Waals surface area contributed by atoms with Crippen LogP contribution in [0.4, 0.5) is 0 Å². The Kier molecular flexibility index (Phi) is 3.69. The molecule has 1 amide bonds. The van der Waals surface area contributed by atoms with Gasteiger partial charge in [0.2, 0.25) is 5.91 Å². The number of nitrogens with one attached hydrogen (secondary N) is 1. The van der Waals surface area contributed by atoms with Gasteiger partial charge in [0.05, 0.1) is 12.1 Å². The number of amides is 1. The molecule has 1 aliphatic carbocycles. The van der Waals surface area contributed by atoms with Crippen LogP contribution in [0.15, 0.2) is 0 Å². The highest BCUT2D eigenvalue weighted by Gasteiger charge is 2.45. The number of nitrogens with zero attached hydrogens (tertiary/aromatic N) is 1. The first kappa shape index (κ1) is 13.8. The number of carboxylic acid groups (broad SMARTS) is 1. The normalized spacial score (nSPS) is 40.6. The lowest BCUT2D eigenvalue weighted by Gasteiger charge is -2.25. The Morgan fingerprint density at radius 1 is 1.15 bits per heavy atom. The predicted molar refractivity (Wildman–Crippen MR) is 71.0 cm³/mol. The van der Waals surface area contributed by atoms with Gasteiger partial charge in [0, 0.05) is 19.0 Å². The van der Waals surface area contributed by atoms with Crippen LogP contribution in [0.25, 0.3) is 0 Å². The van der Waals surface area contributed by atoms with Gasteiger partial charge >= 0.3 is 5.97 Å². The maximum atomic E-state index is 12.5. The quantitative estimate of drug-likeness (QED) is 0.661. The van der Waals surface area contributed by atoms with E-state index in [1.807, 2.05) is 0 Å². The second kappa shape index (κ2) is 5.33. The van der Waals surface area contributed by atoms with Crippen molar-refractivity contribution in [3.63, 3.8) is 0 Å². The van der Waals surface area contributed by atoms with Gasteiger partial charge in [-0.2, -0.15) is 0 Å². The van der Waals surface area contributed by atoms with Crippen LogP contribution in [0, 0.1) is 5.92 Å². The average Bonchev–Trinajstić information content (AvgIpc) is 3.01. The monoisotopic (exact) mass is 282 g/mol. The molecule has 0 bridgehead atoms. The predicted octanol–water partition coefficient (Wildman–Crippen LogP) is -0.0465. The number of hydrogen-bond donors (Lipinski definition) is 3. The van der Waals surface area contributed by atoms with Crippen molar-refractivity contribution >= 4 is 11.9 Å². The van der Waals surface area contributed by atoms with E-state index in [0.717, 1.165) is 19.3 Å². The van der Waals surface area contributed by atoms with E-state index in [-0.39, 0.29) is 24.9 Å². The number of likely N-dealkylation sites (tertiary alicyclic amines) is 1. The number of aliphatic hydroxyl groups excluding tert-OH is 1. The summed E-state index contributed by atoms with van der Waals surface area (Å²) in [6, 6.07) is -0.731. The van der Waals surface area contributed by atoms with Crippen LogP contribution in [-0.2, 0) is 9.59 Å².